The zero-order valence-corrected chi connectivity index (χ0v) is 12.3. The topological polar surface area (TPSA) is 103 Å². The summed E-state index contributed by atoms with van der Waals surface area (Å²) >= 11 is 0. The van der Waals surface area contributed by atoms with E-state index in [0.29, 0.717) is 0 Å². The Bertz CT molecular complexity index is 474. The summed E-state index contributed by atoms with van der Waals surface area (Å²) in [5, 5.41) is 3.75. The molecule has 2 heterocycles. The summed E-state index contributed by atoms with van der Waals surface area (Å²) in [4.78, 5) is 13.8. The summed E-state index contributed by atoms with van der Waals surface area (Å²) in [6.45, 7) is 8.59. The molecule has 0 N–H and O–H groups in total. The van der Waals surface area contributed by atoms with Gasteiger partial charge in [-0.05, 0) is 19.4 Å². The highest BCUT2D eigenvalue weighted by atomic mass is 16.8. The van der Waals surface area contributed by atoms with Crippen molar-refractivity contribution >= 4 is 5.97 Å². The van der Waals surface area contributed by atoms with E-state index in [4.69, 9.17) is 24.5 Å². The van der Waals surface area contributed by atoms with E-state index >= 15 is 0 Å². The Morgan fingerprint density at radius 2 is 2.14 bits per heavy atom. The van der Waals surface area contributed by atoms with Gasteiger partial charge in [-0.25, -0.2) is 0 Å². The van der Waals surface area contributed by atoms with Gasteiger partial charge in [0.1, 0.15) is 24.9 Å². The highest BCUT2D eigenvalue weighted by molar-refractivity contribution is 5.65. The number of carbonyl (C=O) groups is 1. The Labute approximate surface area is 122 Å². The lowest BCUT2D eigenvalue weighted by atomic mass is 9.93. The van der Waals surface area contributed by atoms with Gasteiger partial charge in [-0.2, -0.15) is 0 Å². The van der Waals surface area contributed by atoms with Gasteiger partial charge >= 0.3 is 5.97 Å². The molecule has 2 rings (SSSR count). The van der Waals surface area contributed by atoms with Crippen LogP contribution < -0.4 is 0 Å². The molecule has 0 aromatic heterocycles. The summed E-state index contributed by atoms with van der Waals surface area (Å²) < 4.78 is 22.4. The van der Waals surface area contributed by atoms with Crippen LogP contribution in [-0.4, -0.2) is 48.8 Å². The molecule has 0 aliphatic carbocycles. The van der Waals surface area contributed by atoms with Crippen molar-refractivity contribution in [2.24, 2.45) is 5.11 Å². The minimum atomic E-state index is -0.827. The predicted molar refractivity (Wildman–Crippen MR) is 72.3 cm³/mol. The van der Waals surface area contributed by atoms with Gasteiger partial charge in [-0.1, -0.05) is 11.2 Å². The maximum atomic E-state index is 11.0. The third-order valence-electron chi connectivity index (χ3n) is 3.40. The quantitative estimate of drug-likeness (QED) is 0.258. The monoisotopic (exact) mass is 297 g/mol. The van der Waals surface area contributed by atoms with E-state index in [0.717, 1.165) is 0 Å². The number of rotatable bonds is 4. The van der Waals surface area contributed by atoms with E-state index in [9.17, 15) is 4.79 Å². The Hall–Kier alpha value is -1.60. The summed E-state index contributed by atoms with van der Waals surface area (Å²) in [5.41, 5.74) is 8.73. The van der Waals surface area contributed by atoms with E-state index in [1.807, 2.05) is 0 Å². The second kappa shape index (κ2) is 6.03. The van der Waals surface area contributed by atoms with Crippen LogP contribution in [0.3, 0.4) is 0 Å². The molecule has 8 heteroatoms. The molecule has 0 spiro atoms. The third-order valence-corrected chi connectivity index (χ3v) is 3.40. The molecule has 21 heavy (non-hydrogen) atoms. The van der Waals surface area contributed by atoms with Crippen LogP contribution in [0.1, 0.15) is 20.8 Å². The molecule has 5 atom stereocenters. The second-order valence-electron chi connectivity index (χ2n) is 5.44. The first kappa shape index (κ1) is 15.8. The SMILES string of the molecule is C=CC1O[C@H](COC(C)=O)[C@@H]2OC(C)(C)O[C@@H]2C1N=[N+]=[N-]. The Morgan fingerprint density at radius 3 is 2.71 bits per heavy atom. The van der Waals surface area contributed by atoms with Gasteiger partial charge in [0.05, 0.1) is 12.1 Å². The van der Waals surface area contributed by atoms with Crippen molar-refractivity contribution in [3.8, 4) is 0 Å². The minimum absolute atomic E-state index is 0.0449. The molecule has 0 amide bonds. The van der Waals surface area contributed by atoms with Crippen LogP contribution in [0, 0.1) is 0 Å². The van der Waals surface area contributed by atoms with Gasteiger partial charge in [0.2, 0.25) is 0 Å². The number of fused-ring (bicyclic) bond motifs is 1. The summed E-state index contributed by atoms with van der Waals surface area (Å²) in [6, 6.07) is -0.576. The van der Waals surface area contributed by atoms with Crippen LogP contribution >= 0.6 is 0 Å². The average molecular weight is 297 g/mol. The van der Waals surface area contributed by atoms with Gasteiger partial charge in [0.15, 0.2) is 5.79 Å². The molecular weight excluding hydrogens is 278 g/mol. The molecule has 0 saturated carbocycles. The molecular formula is C13H19N3O5. The summed E-state index contributed by atoms with van der Waals surface area (Å²) in [7, 11) is 0. The molecule has 0 bridgehead atoms. The lowest BCUT2D eigenvalue weighted by Gasteiger charge is -2.39. The van der Waals surface area contributed by atoms with Crippen LogP contribution in [0.5, 0.6) is 0 Å². The van der Waals surface area contributed by atoms with Crippen LogP contribution in [0.15, 0.2) is 17.8 Å². The van der Waals surface area contributed by atoms with Gasteiger partial charge < -0.3 is 18.9 Å². The van der Waals surface area contributed by atoms with E-state index in [1.165, 1.54) is 6.92 Å². The molecule has 0 aromatic rings. The summed E-state index contributed by atoms with van der Waals surface area (Å²) in [6.07, 6.45) is -0.446. The fourth-order valence-electron chi connectivity index (χ4n) is 2.64. The molecule has 0 radical (unpaired) electrons. The first-order valence-electron chi connectivity index (χ1n) is 6.69. The Balaban J connectivity index is 2.24. The average Bonchev–Trinajstić information content (AvgIpc) is 2.73. The van der Waals surface area contributed by atoms with Crippen molar-refractivity contribution in [3.05, 3.63) is 23.1 Å². The number of carbonyl (C=O) groups excluding carboxylic acids is 1. The molecule has 2 unspecified atom stereocenters. The van der Waals surface area contributed by atoms with Crippen LogP contribution in [0.25, 0.3) is 10.4 Å². The number of hydrogen-bond donors (Lipinski definition) is 0. The van der Waals surface area contributed by atoms with E-state index < -0.39 is 42.2 Å². The van der Waals surface area contributed by atoms with E-state index in [2.05, 4.69) is 16.6 Å². The number of azide groups is 1. The highest BCUT2D eigenvalue weighted by Gasteiger charge is 2.54. The Morgan fingerprint density at radius 1 is 1.48 bits per heavy atom. The zero-order valence-electron chi connectivity index (χ0n) is 12.3. The summed E-state index contributed by atoms with van der Waals surface area (Å²) in [5.74, 6) is -1.23. The van der Waals surface area contributed by atoms with Crippen molar-refractivity contribution in [1.29, 1.82) is 0 Å². The van der Waals surface area contributed by atoms with Crippen LogP contribution in [0.2, 0.25) is 0 Å². The molecule has 2 aliphatic rings. The third kappa shape index (κ3) is 3.36. The molecule has 116 valence electrons. The second-order valence-corrected chi connectivity index (χ2v) is 5.44. The molecule has 2 aliphatic heterocycles. The first-order valence-corrected chi connectivity index (χ1v) is 6.69. The highest BCUT2D eigenvalue weighted by Crippen LogP contribution is 2.39. The molecule has 2 saturated heterocycles. The van der Waals surface area contributed by atoms with Gasteiger partial charge in [0, 0.05) is 11.8 Å². The van der Waals surface area contributed by atoms with E-state index in [-0.39, 0.29) is 6.61 Å². The first-order chi connectivity index (χ1) is 9.88. The van der Waals surface area contributed by atoms with Gasteiger partial charge in [0.25, 0.3) is 0 Å². The number of ether oxygens (including phenoxy) is 4. The van der Waals surface area contributed by atoms with Crippen molar-refractivity contribution in [3.63, 3.8) is 0 Å². The van der Waals surface area contributed by atoms with Crippen LogP contribution in [-0.2, 0) is 23.7 Å². The Kier molecular flexibility index (Phi) is 4.53. The van der Waals surface area contributed by atoms with Crippen molar-refractivity contribution in [2.75, 3.05) is 6.61 Å². The predicted octanol–water partition coefficient (Wildman–Crippen LogP) is 1.70. The van der Waals surface area contributed by atoms with Crippen molar-refractivity contribution in [2.45, 2.75) is 57.0 Å². The normalized spacial score (nSPS) is 37.2. The maximum absolute atomic E-state index is 11.0. The smallest absolute Gasteiger partial charge is 0.302 e. The van der Waals surface area contributed by atoms with Gasteiger partial charge in [-0.15, -0.1) is 6.58 Å². The van der Waals surface area contributed by atoms with E-state index in [1.54, 1.807) is 19.9 Å². The number of esters is 1. The fourth-order valence-corrected chi connectivity index (χ4v) is 2.64. The number of hydrogen-bond acceptors (Lipinski definition) is 6. The lowest BCUT2D eigenvalue weighted by molar-refractivity contribution is -0.172. The lowest BCUT2D eigenvalue weighted by Crippen LogP contribution is -2.56. The minimum Gasteiger partial charge on any atom is -0.463 e. The maximum Gasteiger partial charge on any atom is 0.302 e. The standard InChI is InChI=1S/C13H19N3O5/c1-5-8-10(15-16-14)12-11(20-13(3,4)21-12)9(19-8)6-18-7(2)17/h5,8-12H,1,6H2,2-4H3/t8?,9-,10?,11+,12-/m1/s1. The van der Waals surface area contributed by atoms with Gasteiger partial charge in [-0.3, -0.25) is 4.79 Å². The largest absolute Gasteiger partial charge is 0.463 e. The van der Waals surface area contributed by atoms with Crippen molar-refractivity contribution in [1.82, 2.24) is 0 Å². The number of nitrogens with zero attached hydrogens (tertiary/aromatic N) is 3. The van der Waals surface area contributed by atoms with Crippen LogP contribution in [0.4, 0.5) is 0 Å². The molecule has 0 aromatic carbocycles. The zero-order chi connectivity index (χ0) is 15.6. The fraction of sp³-hybridized carbons (Fsp3) is 0.769. The van der Waals surface area contributed by atoms with Crippen molar-refractivity contribution < 1.29 is 23.7 Å². The molecule has 2 fully saturated rings. The molecule has 8 nitrogen and oxygen atoms in total.